The van der Waals surface area contributed by atoms with Crippen molar-refractivity contribution in [3.63, 3.8) is 0 Å². The maximum atomic E-state index is 12.2. The second-order valence-corrected chi connectivity index (χ2v) is 6.45. The number of phenols is 1. The molecule has 2 rings (SSSR count). The predicted molar refractivity (Wildman–Crippen MR) is 79.8 cm³/mol. The number of anilines is 2. The van der Waals surface area contributed by atoms with Gasteiger partial charge in [0.25, 0.3) is 10.0 Å². The van der Waals surface area contributed by atoms with Crippen molar-refractivity contribution in [1.82, 2.24) is 0 Å². The Morgan fingerprint density at radius 1 is 1.05 bits per heavy atom. The van der Waals surface area contributed by atoms with Crippen molar-refractivity contribution in [2.24, 2.45) is 0 Å². The molecule has 0 fully saturated rings. The van der Waals surface area contributed by atoms with Gasteiger partial charge >= 0.3 is 0 Å². The second-order valence-electron chi connectivity index (χ2n) is 3.95. The number of aromatic hydroxyl groups is 1. The Morgan fingerprint density at radius 2 is 1.75 bits per heavy atom. The molecule has 0 aliphatic carbocycles. The predicted octanol–water partition coefficient (Wildman–Crippen LogP) is 3.08. The van der Waals surface area contributed by atoms with E-state index in [4.69, 9.17) is 28.9 Å². The van der Waals surface area contributed by atoms with Gasteiger partial charge in [-0.1, -0.05) is 23.2 Å². The largest absolute Gasteiger partial charge is 0.508 e. The molecule has 0 amide bonds. The van der Waals surface area contributed by atoms with Crippen LogP contribution in [0.2, 0.25) is 10.0 Å². The van der Waals surface area contributed by atoms with Gasteiger partial charge in [-0.25, -0.2) is 8.42 Å². The smallest absolute Gasteiger partial charge is 0.262 e. The number of benzene rings is 2. The van der Waals surface area contributed by atoms with Crippen molar-refractivity contribution in [2.75, 3.05) is 10.5 Å². The molecule has 0 aliphatic rings. The first kappa shape index (κ1) is 14.8. The minimum absolute atomic E-state index is 0.0422. The lowest BCUT2D eigenvalue weighted by Gasteiger charge is -2.11. The van der Waals surface area contributed by atoms with Gasteiger partial charge in [0.15, 0.2) is 0 Å². The molecule has 0 aromatic heterocycles. The number of rotatable bonds is 3. The average Bonchev–Trinajstić information content (AvgIpc) is 2.36. The molecule has 0 saturated heterocycles. The van der Waals surface area contributed by atoms with E-state index in [1.165, 1.54) is 36.4 Å². The third kappa shape index (κ3) is 3.09. The van der Waals surface area contributed by atoms with Crippen molar-refractivity contribution in [2.45, 2.75) is 4.90 Å². The van der Waals surface area contributed by atoms with Crippen molar-refractivity contribution < 1.29 is 13.5 Å². The molecule has 8 heteroatoms. The summed E-state index contributed by atoms with van der Waals surface area (Å²) in [5.74, 6) is -0.0556. The van der Waals surface area contributed by atoms with E-state index in [0.717, 1.165) is 0 Å². The van der Waals surface area contributed by atoms with Gasteiger partial charge in [0.05, 0.1) is 26.3 Å². The Bertz CT molecular complexity index is 763. The fourth-order valence-corrected chi connectivity index (χ4v) is 2.97. The van der Waals surface area contributed by atoms with E-state index >= 15 is 0 Å². The monoisotopic (exact) mass is 332 g/mol. The number of nitrogens with one attached hydrogen (secondary N) is 1. The molecule has 0 bridgehead atoms. The fraction of sp³-hybridized carbons (Fsp3) is 0. The molecule has 0 saturated carbocycles. The third-order valence-corrected chi connectivity index (χ3v) is 4.58. The summed E-state index contributed by atoms with van der Waals surface area (Å²) in [6.45, 7) is 0. The number of sulfonamides is 1. The standard InChI is InChI=1S/C12H10Cl2N2O3S/c13-9-3-2-8(6-10(9)14)20(18,19)16-12-4-1-7(17)5-11(12)15/h1-6,16-17H,15H2. The van der Waals surface area contributed by atoms with Crippen LogP contribution in [-0.4, -0.2) is 13.5 Å². The highest BCUT2D eigenvalue weighted by atomic mass is 35.5. The summed E-state index contributed by atoms with van der Waals surface area (Å²) in [6, 6.07) is 7.88. The van der Waals surface area contributed by atoms with E-state index in [1.54, 1.807) is 0 Å². The Kier molecular flexibility index (Phi) is 3.99. The number of phenolic OH excluding ortho intramolecular Hbond substituents is 1. The minimum atomic E-state index is -3.84. The quantitative estimate of drug-likeness (QED) is 0.594. The molecule has 4 N–H and O–H groups in total. The maximum absolute atomic E-state index is 12.2. The first-order chi connectivity index (χ1) is 9.29. The van der Waals surface area contributed by atoms with Crippen LogP contribution in [0, 0.1) is 0 Å². The maximum Gasteiger partial charge on any atom is 0.262 e. The number of hydrogen-bond acceptors (Lipinski definition) is 4. The van der Waals surface area contributed by atoms with Crippen LogP contribution in [0.1, 0.15) is 0 Å². The van der Waals surface area contributed by atoms with Crippen molar-refractivity contribution in [3.8, 4) is 5.75 Å². The summed E-state index contributed by atoms with van der Waals surface area (Å²) in [6.07, 6.45) is 0. The molecule has 2 aromatic rings. The Balaban J connectivity index is 2.38. The number of nitrogens with two attached hydrogens (primary N) is 1. The lowest BCUT2D eigenvalue weighted by Crippen LogP contribution is -2.14. The highest BCUT2D eigenvalue weighted by Crippen LogP contribution is 2.28. The van der Waals surface area contributed by atoms with Gasteiger partial charge in [-0.15, -0.1) is 0 Å². The molecule has 20 heavy (non-hydrogen) atoms. The van der Waals surface area contributed by atoms with Gasteiger partial charge in [-0.2, -0.15) is 0 Å². The van der Waals surface area contributed by atoms with Gasteiger partial charge < -0.3 is 10.8 Å². The van der Waals surface area contributed by atoms with Gasteiger partial charge in [-0.3, -0.25) is 4.72 Å². The molecular formula is C12H10Cl2N2O3S. The number of nitrogen functional groups attached to an aromatic ring is 1. The minimum Gasteiger partial charge on any atom is -0.508 e. The SMILES string of the molecule is Nc1cc(O)ccc1NS(=O)(=O)c1ccc(Cl)c(Cl)c1. The summed E-state index contributed by atoms with van der Waals surface area (Å²) < 4.78 is 26.7. The van der Waals surface area contributed by atoms with E-state index in [0.29, 0.717) is 0 Å². The number of hydrogen-bond donors (Lipinski definition) is 3. The summed E-state index contributed by atoms with van der Waals surface area (Å²) in [5.41, 5.74) is 5.89. The second kappa shape index (κ2) is 5.40. The third-order valence-electron chi connectivity index (χ3n) is 2.48. The van der Waals surface area contributed by atoms with E-state index < -0.39 is 10.0 Å². The van der Waals surface area contributed by atoms with Crippen molar-refractivity contribution in [3.05, 3.63) is 46.4 Å². The van der Waals surface area contributed by atoms with E-state index in [2.05, 4.69) is 4.72 Å². The molecule has 0 heterocycles. The lowest BCUT2D eigenvalue weighted by molar-refractivity contribution is 0.475. The van der Waals surface area contributed by atoms with Crippen LogP contribution in [-0.2, 0) is 10.0 Å². The summed E-state index contributed by atoms with van der Waals surface area (Å²) in [7, 11) is -3.84. The van der Waals surface area contributed by atoms with Gasteiger partial charge in [0.2, 0.25) is 0 Å². The van der Waals surface area contributed by atoms with Crippen molar-refractivity contribution >= 4 is 44.6 Å². The molecule has 0 radical (unpaired) electrons. The topological polar surface area (TPSA) is 92.4 Å². The van der Waals surface area contributed by atoms with E-state index in [1.807, 2.05) is 0 Å². The Morgan fingerprint density at radius 3 is 2.35 bits per heavy atom. The van der Waals surface area contributed by atoms with Crippen molar-refractivity contribution in [1.29, 1.82) is 0 Å². The first-order valence-corrected chi connectivity index (χ1v) is 7.60. The Labute approximate surface area is 126 Å². The fourth-order valence-electron chi connectivity index (χ4n) is 1.49. The molecule has 0 spiro atoms. The van der Waals surface area contributed by atoms with Crippen LogP contribution in [0.5, 0.6) is 5.75 Å². The Hall–Kier alpha value is -1.63. The zero-order valence-electron chi connectivity index (χ0n) is 9.97. The highest BCUT2D eigenvalue weighted by Gasteiger charge is 2.17. The molecule has 5 nitrogen and oxygen atoms in total. The van der Waals surface area contributed by atoms with Gasteiger partial charge in [-0.05, 0) is 30.3 Å². The average molecular weight is 333 g/mol. The molecular weight excluding hydrogens is 323 g/mol. The molecule has 0 aliphatic heterocycles. The van der Waals surface area contributed by atoms with Crippen LogP contribution >= 0.6 is 23.2 Å². The first-order valence-electron chi connectivity index (χ1n) is 5.36. The number of halogens is 2. The molecule has 0 unspecified atom stereocenters. The van der Waals surface area contributed by atoms with Crippen LogP contribution < -0.4 is 10.5 Å². The van der Waals surface area contributed by atoms with Crippen LogP contribution in [0.4, 0.5) is 11.4 Å². The summed E-state index contributed by atoms with van der Waals surface area (Å²) >= 11 is 11.5. The van der Waals surface area contributed by atoms with E-state index in [-0.39, 0.29) is 32.1 Å². The van der Waals surface area contributed by atoms with Crippen LogP contribution in [0.15, 0.2) is 41.3 Å². The van der Waals surface area contributed by atoms with Gasteiger partial charge in [0.1, 0.15) is 5.75 Å². The molecule has 0 atom stereocenters. The molecule has 2 aromatic carbocycles. The molecule has 106 valence electrons. The summed E-state index contributed by atoms with van der Waals surface area (Å²) in [5, 5.41) is 9.62. The van der Waals surface area contributed by atoms with Gasteiger partial charge in [0, 0.05) is 6.07 Å². The zero-order chi connectivity index (χ0) is 14.9. The van der Waals surface area contributed by atoms with E-state index in [9.17, 15) is 13.5 Å². The lowest BCUT2D eigenvalue weighted by atomic mass is 10.2. The highest BCUT2D eigenvalue weighted by molar-refractivity contribution is 7.92. The normalized spacial score (nSPS) is 11.3. The van der Waals surface area contributed by atoms with Crippen LogP contribution in [0.3, 0.4) is 0 Å². The zero-order valence-corrected chi connectivity index (χ0v) is 12.3. The van der Waals surface area contributed by atoms with Crippen LogP contribution in [0.25, 0.3) is 0 Å². The summed E-state index contributed by atoms with van der Waals surface area (Å²) in [4.78, 5) is -0.0422.